The van der Waals surface area contributed by atoms with Crippen LogP contribution in [0.4, 0.5) is 0 Å². The number of benzene rings is 4. The van der Waals surface area contributed by atoms with Gasteiger partial charge in [-0.1, -0.05) is 103 Å². The summed E-state index contributed by atoms with van der Waals surface area (Å²) in [5.74, 6) is 0.820. The van der Waals surface area contributed by atoms with Crippen LogP contribution in [0, 0.1) is 0 Å². The van der Waals surface area contributed by atoms with Gasteiger partial charge in [0.05, 0.1) is 45.7 Å². The third-order valence-electron chi connectivity index (χ3n) is 8.74. The van der Waals surface area contributed by atoms with Crippen molar-refractivity contribution in [2.45, 2.75) is 0 Å². The van der Waals surface area contributed by atoms with Crippen LogP contribution < -0.4 is 0 Å². The third kappa shape index (κ3) is 4.73. The zero-order chi connectivity index (χ0) is 31.2. The highest BCUT2D eigenvalue weighted by Crippen LogP contribution is 2.33. The van der Waals surface area contributed by atoms with Crippen LogP contribution in [0.3, 0.4) is 0 Å². The number of hydrogen-bond donors (Lipinski definition) is 0. The number of para-hydroxylation sites is 1. The molecule has 0 aliphatic heterocycles. The lowest BCUT2D eigenvalue weighted by Gasteiger charge is -2.10. The highest BCUT2D eigenvalue weighted by molar-refractivity contribution is 6.08. The Balaban J connectivity index is 1.05. The fraction of sp³-hybridized carbons (Fsp3) is 0. The molecule has 0 saturated heterocycles. The molecule has 0 radical (unpaired) electrons. The molecule has 0 N–H and O–H groups in total. The Morgan fingerprint density at radius 2 is 0.957 bits per heavy atom. The molecule has 5 aromatic heterocycles. The van der Waals surface area contributed by atoms with E-state index in [0.717, 1.165) is 56.3 Å². The minimum atomic E-state index is 0.787. The second kappa shape index (κ2) is 11.2. The summed E-state index contributed by atoms with van der Waals surface area (Å²) >= 11 is 0. The number of nitrogens with zero attached hydrogens (tertiary/aromatic N) is 5. The summed E-state index contributed by atoms with van der Waals surface area (Å²) in [6.07, 6.45) is 3.74. The zero-order valence-electron chi connectivity index (χ0n) is 25.3. The predicted molar refractivity (Wildman–Crippen MR) is 191 cm³/mol. The lowest BCUT2D eigenvalue weighted by molar-refractivity contribution is 1.07. The first-order chi connectivity index (χ1) is 23.3. The summed E-state index contributed by atoms with van der Waals surface area (Å²) in [6, 6.07) is 52.2. The molecule has 0 spiro atoms. The van der Waals surface area contributed by atoms with E-state index in [1.165, 1.54) is 27.3 Å². The molecule has 0 aliphatic carbocycles. The lowest BCUT2D eigenvalue weighted by atomic mass is 9.97. The van der Waals surface area contributed by atoms with E-state index < -0.39 is 0 Å². The maximum Gasteiger partial charge on any atom is 0.138 e. The monoisotopic (exact) mass is 601 g/mol. The van der Waals surface area contributed by atoms with Crippen LogP contribution in [0.25, 0.3) is 83.6 Å². The summed E-state index contributed by atoms with van der Waals surface area (Å²) in [7, 11) is 0. The van der Waals surface area contributed by atoms with Gasteiger partial charge in [-0.15, -0.1) is 0 Å². The summed E-state index contributed by atoms with van der Waals surface area (Å²) in [5.41, 5.74) is 9.67. The van der Waals surface area contributed by atoms with Crippen LogP contribution in [0.1, 0.15) is 0 Å². The summed E-state index contributed by atoms with van der Waals surface area (Å²) in [4.78, 5) is 19.6. The minimum absolute atomic E-state index is 0.787. The number of rotatable bonds is 5. The first-order valence-electron chi connectivity index (χ1n) is 15.6. The van der Waals surface area contributed by atoms with Gasteiger partial charge < -0.3 is 0 Å². The number of aromatic nitrogens is 5. The third-order valence-corrected chi connectivity index (χ3v) is 8.74. The summed E-state index contributed by atoms with van der Waals surface area (Å²) in [5, 5.41) is 4.81. The molecular weight excluding hydrogens is 574 g/mol. The molecule has 0 unspecified atom stereocenters. The van der Waals surface area contributed by atoms with Crippen molar-refractivity contribution in [3.8, 4) is 51.0 Å². The fourth-order valence-corrected chi connectivity index (χ4v) is 6.51. The smallest absolute Gasteiger partial charge is 0.138 e. The van der Waals surface area contributed by atoms with E-state index >= 15 is 0 Å². The van der Waals surface area contributed by atoms with Crippen LogP contribution in [-0.2, 0) is 0 Å². The normalized spacial score (nSPS) is 11.4. The second-order valence-corrected chi connectivity index (χ2v) is 11.5. The average Bonchev–Trinajstić information content (AvgIpc) is 3.49. The Labute approximate surface area is 271 Å². The predicted octanol–water partition coefficient (Wildman–Crippen LogP) is 10.2. The molecule has 5 heterocycles. The molecule has 0 atom stereocenters. The van der Waals surface area contributed by atoms with Gasteiger partial charge in [0.15, 0.2) is 0 Å². The van der Waals surface area contributed by atoms with Gasteiger partial charge in [-0.25, -0.2) is 15.0 Å². The van der Waals surface area contributed by atoms with E-state index in [4.69, 9.17) is 15.0 Å². The maximum atomic E-state index is 5.09. The average molecular weight is 602 g/mol. The van der Waals surface area contributed by atoms with Crippen molar-refractivity contribution < 1.29 is 0 Å². The van der Waals surface area contributed by atoms with E-state index in [0.29, 0.717) is 0 Å². The van der Waals surface area contributed by atoms with Crippen molar-refractivity contribution in [3.05, 3.63) is 164 Å². The maximum absolute atomic E-state index is 5.09. The van der Waals surface area contributed by atoms with Crippen molar-refractivity contribution in [1.29, 1.82) is 0 Å². The largest absolute Gasteiger partial charge is 0.292 e. The molecule has 0 bridgehead atoms. The molecule has 47 heavy (non-hydrogen) atoms. The zero-order valence-corrected chi connectivity index (χ0v) is 25.3. The standard InChI is InChI=1S/C42H27N5/c1-2-11-31-28(9-1)10-5-13-32(31)29-21-23-30(24-22-29)35-14-6-15-36(44-35)37-16-7-17-38(45-37)39-18-8-20-42(46-39)47-40-19-4-3-12-33(40)34-25-26-43-27-41(34)47/h1-27H. The van der Waals surface area contributed by atoms with Crippen LogP contribution in [0.2, 0.25) is 0 Å². The van der Waals surface area contributed by atoms with Gasteiger partial charge in [-0.3, -0.25) is 9.55 Å². The highest BCUT2D eigenvalue weighted by atomic mass is 15.1. The second-order valence-electron chi connectivity index (χ2n) is 11.5. The Kier molecular flexibility index (Phi) is 6.39. The van der Waals surface area contributed by atoms with E-state index in [9.17, 15) is 0 Å². The van der Waals surface area contributed by atoms with E-state index in [-0.39, 0.29) is 0 Å². The highest BCUT2D eigenvalue weighted by Gasteiger charge is 2.14. The van der Waals surface area contributed by atoms with E-state index in [1.807, 2.05) is 67.0 Å². The summed E-state index contributed by atoms with van der Waals surface area (Å²) < 4.78 is 2.17. The topological polar surface area (TPSA) is 56.5 Å². The molecule has 5 nitrogen and oxygen atoms in total. The van der Waals surface area contributed by atoms with Gasteiger partial charge in [-0.05, 0) is 70.4 Å². The SMILES string of the molecule is c1cc(-c2ccc(-c3cccc4ccccc34)cc2)nc(-c2cccc(-c3cccc(-n4c5ccccc5c5ccncc54)n3)n2)c1. The van der Waals surface area contributed by atoms with Gasteiger partial charge >= 0.3 is 0 Å². The van der Waals surface area contributed by atoms with Crippen molar-refractivity contribution >= 4 is 32.6 Å². The molecular formula is C42H27N5. The Morgan fingerprint density at radius 3 is 1.77 bits per heavy atom. The molecule has 9 aromatic rings. The van der Waals surface area contributed by atoms with E-state index in [1.54, 1.807) is 0 Å². The summed E-state index contributed by atoms with van der Waals surface area (Å²) in [6.45, 7) is 0. The minimum Gasteiger partial charge on any atom is -0.292 e. The van der Waals surface area contributed by atoms with Gasteiger partial charge in [0.2, 0.25) is 0 Å². The van der Waals surface area contributed by atoms with Crippen LogP contribution >= 0.6 is 0 Å². The number of hydrogen-bond acceptors (Lipinski definition) is 4. The van der Waals surface area contributed by atoms with Crippen LogP contribution in [0.5, 0.6) is 0 Å². The van der Waals surface area contributed by atoms with Crippen LogP contribution in [-0.4, -0.2) is 24.5 Å². The fourth-order valence-electron chi connectivity index (χ4n) is 6.51. The van der Waals surface area contributed by atoms with Gasteiger partial charge in [-0.2, -0.15) is 0 Å². The quantitative estimate of drug-likeness (QED) is 0.197. The van der Waals surface area contributed by atoms with Gasteiger partial charge in [0.25, 0.3) is 0 Å². The molecule has 220 valence electrons. The molecule has 0 fully saturated rings. The van der Waals surface area contributed by atoms with E-state index in [2.05, 4.69) is 107 Å². The van der Waals surface area contributed by atoms with Crippen molar-refractivity contribution in [1.82, 2.24) is 24.5 Å². The first-order valence-corrected chi connectivity index (χ1v) is 15.6. The molecule has 0 saturated carbocycles. The first kappa shape index (κ1) is 26.9. The van der Waals surface area contributed by atoms with Crippen molar-refractivity contribution in [2.75, 3.05) is 0 Å². The molecule has 5 heteroatoms. The van der Waals surface area contributed by atoms with Crippen molar-refractivity contribution in [2.24, 2.45) is 0 Å². The van der Waals surface area contributed by atoms with Crippen molar-refractivity contribution in [3.63, 3.8) is 0 Å². The van der Waals surface area contributed by atoms with Gasteiger partial charge in [0.1, 0.15) is 5.82 Å². The van der Waals surface area contributed by atoms with Gasteiger partial charge in [0, 0.05) is 22.5 Å². The number of fused-ring (bicyclic) bond motifs is 4. The Bertz CT molecular complexity index is 2520. The lowest BCUT2D eigenvalue weighted by Crippen LogP contribution is -1.99. The molecule has 9 rings (SSSR count). The Morgan fingerprint density at radius 1 is 0.383 bits per heavy atom. The molecule has 4 aromatic carbocycles. The van der Waals surface area contributed by atoms with Crippen LogP contribution in [0.15, 0.2) is 164 Å². The Hall–Kier alpha value is -6.46. The molecule has 0 amide bonds. The molecule has 0 aliphatic rings. The number of pyridine rings is 4.